The van der Waals surface area contributed by atoms with E-state index in [1.165, 1.54) is 107 Å². The maximum atomic E-state index is 2.30. The van der Waals surface area contributed by atoms with Crippen molar-refractivity contribution in [3.8, 4) is 0 Å². The maximum Gasteiger partial charge on any atom is 0.105 e. The lowest BCUT2D eigenvalue weighted by atomic mass is 10.1. The molecule has 0 aromatic heterocycles. The number of benzene rings is 1. The minimum absolute atomic E-state index is 0. The highest BCUT2D eigenvalue weighted by atomic mass is 32.2. The Morgan fingerprint density at radius 1 is 0.600 bits per heavy atom. The third kappa shape index (κ3) is 16.7. The van der Waals surface area contributed by atoms with Crippen LogP contribution >= 0.6 is 0 Å². The maximum absolute atomic E-state index is 2.30. The first kappa shape index (κ1) is 24.5. The predicted octanol–water partition coefficient (Wildman–Crippen LogP) is 6.96. The monoisotopic (exact) mass is 366 g/mol. The minimum Gasteiger partial charge on any atom is -0.870 e. The normalized spacial score (nSPS) is 10.6. The van der Waals surface area contributed by atoms with Crippen LogP contribution in [0.5, 0.6) is 0 Å². The molecule has 1 rings (SSSR count). The van der Waals surface area contributed by atoms with Crippen molar-refractivity contribution < 1.29 is 5.48 Å². The molecule has 146 valence electrons. The molecular weight excluding hydrogens is 324 g/mol. The Kier molecular flexibility index (Phi) is 19.5. The third-order valence-corrected chi connectivity index (χ3v) is 6.06. The van der Waals surface area contributed by atoms with Crippen molar-refractivity contribution in [3.63, 3.8) is 0 Å². The Hall–Kier alpha value is -0.470. The molecule has 0 amide bonds. The zero-order valence-electron chi connectivity index (χ0n) is 16.6. The van der Waals surface area contributed by atoms with Crippen LogP contribution in [-0.4, -0.2) is 17.0 Å². The summed E-state index contributed by atoms with van der Waals surface area (Å²) in [5, 5.41) is 0. The van der Waals surface area contributed by atoms with Gasteiger partial charge in [-0.05, 0) is 55.9 Å². The fourth-order valence-electron chi connectivity index (χ4n) is 3.20. The van der Waals surface area contributed by atoms with Gasteiger partial charge in [-0.3, -0.25) is 0 Å². The minimum atomic E-state index is 0. The van der Waals surface area contributed by atoms with Crippen molar-refractivity contribution in [1.82, 2.24) is 0 Å². The Bertz CT molecular complexity index is 352. The van der Waals surface area contributed by atoms with Gasteiger partial charge in [0.05, 0.1) is 0 Å². The summed E-state index contributed by atoms with van der Waals surface area (Å²) in [5.41, 5.74) is 1.50. The second-order valence-electron chi connectivity index (χ2n) is 7.15. The van der Waals surface area contributed by atoms with E-state index in [4.69, 9.17) is 0 Å². The fourth-order valence-corrected chi connectivity index (χ4v) is 4.32. The number of hydrogen-bond acceptors (Lipinski definition) is 1. The molecule has 0 saturated carbocycles. The summed E-state index contributed by atoms with van der Waals surface area (Å²) >= 11 is 1.70. The van der Waals surface area contributed by atoms with Gasteiger partial charge in [0.1, 0.15) is 11.5 Å². The van der Waals surface area contributed by atoms with E-state index in [0.29, 0.717) is 0 Å². The van der Waals surface area contributed by atoms with Gasteiger partial charge >= 0.3 is 0 Å². The molecule has 0 fully saturated rings. The molecule has 0 radical (unpaired) electrons. The van der Waals surface area contributed by atoms with Gasteiger partial charge in [0.2, 0.25) is 0 Å². The van der Waals surface area contributed by atoms with Crippen LogP contribution in [0.1, 0.15) is 96.0 Å². The Labute approximate surface area is 161 Å². The molecule has 0 unspecified atom stereocenters. The summed E-state index contributed by atoms with van der Waals surface area (Å²) in [6.07, 6.45) is 20.0. The molecule has 0 bridgehead atoms. The topological polar surface area (TPSA) is 30.0 Å². The third-order valence-electron chi connectivity index (χ3n) is 4.79. The molecule has 0 atom stereocenters. The first-order valence-corrected chi connectivity index (χ1v) is 11.9. The number of rotatable bonds is 17. The molecule has 0 aliphatic heterocycles. The Balaban J connectivity index is 0.00000576. The molecule has 0 saturated heterocycles. The zero-order chi connectivity index (χ0) is 17.1. The number of hydrogen-bond donors (Lipinski definition) is 0. The first-order chi connectivity index (χ1) is 11.9. The van der Waals surface area contributed by atoms with Gasteiger partial charge in [-0.2, -0.15) is 0 Å². The highest BCUT2D eigenvalue weighted by molar-refractivity contribution is 7.78. The molecule has 0 spiro atoms. The molecule has 0 aliphatic carbocycles. The highest BCUT2D eigenvalue weighted by Gasteiger charge is 1.99. The molecule has 0 heterocycles. The summed E-state index contributed by atoms with van der Waals surface area (Å²) in [6, 6.07) is 10.9. The van der Waals surface area contributed by atoms with Crippen LogP contribution in [0.3, 0.4) is 0 Å². The van der Waals surface area contributed by atoms with Gasteiger partial charge in [-0.1, -0.05) is 88.6 Å². The molecule has 1 N–H and O–H groups in total. The molecule has 25 heavy (non-hydrogen) atoms. The van der Waals surface area contributed by atoms with Gasteiger partial charge in [0.25, 0.3) is 0 Å². The highest BCUT2D eigenvalue weighted by Crippen LogP contribution is 2.11. The van der Waals surface area contributed by atoms with Crippen LogP contribution in [0.25, 0.3) is 0 Å². The number of unbranched alkanes of at least 4 members (excludes halogenated alkanes) is 11. The molecule has 2 heteroatoms. The van der Waals surface area contributed by atoms with E-state index in [0.717, 1.165) is 0 Å². The van der Waals surface area contributed by atoms with Crippen LogP contribution in [0.4, 0.5) is 0 Å². The first-order valence-electron chi connectivity index (χ1n) is 10.6. The van der Waals surface area contributed by atoms with Crippen LogP contribution < -0.4 is 0 Å². The van der Waals surface area contributed by atoms with E-state index in [9.17, 15) is 0 Å². The second-order valence-corrected chi connectivity index (χ2v) is 8.49. The van der Waals surface area contributed by atoms with E-state index in [1.54, 1.807) is 11.8 Å². The van der Waals surface area contributed by atoms with Crippen molar-refractivity contribution in [3.05, 3.63) is 35.9 Å². The summed E-state index contributed by atoms with van der Waals surface area (Å²) in [6.45, 7) is 2.30. The number of thiol groups is 1. The second kappa shape index (κ2) is 19.8. The SMILES string of the molecule is CCCCCCCCCCCC[SH+]CCCCCc1ccccc1.[OH-]. The largest absolute Gasteiger partial charge is 0.870 e. The lowest BCUT2D eigenvalue weighted by Crippen LogP contribution is -1.96. The van der Waals surface area contributed by atoms with Gasteiger partial charge in [0.15, 0.2) is 0 Å². The van der Waals surface area contributed by atoms with E-state index in [2.05, 4.69) is 37.3 Å². The summed E-state index contributed by atoms with van der Waals surface area (Å²) in [7, 11) is 0. The van der Waals surface area contributed by atoms with E-state index in [1.807, 2.05) is 0 Å². The molecule has 0 aliphatic rings. The lowest BCUT2D eigenvalue weighted by molar-refractivity contribution is 0.563. The summed E-state index contributed by atoms with van der Waals surface area (Å²) in [4.78, 5) is 0. The van der Waals surface area contributed by atoms with Gasteiger partial charge in [0, 0.05) is 0 Å². The van der Waals surface area contributed by atoms with Crippen molar-refractivity contribution in [2.75, 3.05) is 11.5 Å². The Morgan fingerprint density at radius 2 is 1.08 bits per heavy atom. The average Bonchev–Trinajstić information content (AvgIpc) is 2.62. The molecule has 1 aromatic carbocycles. The smallest absolute Gasteiger partial charge is 0.105 e. The average molecular weight is 367 g/mol. The van der Waals surface area contributed by atoms with Crippen LogP contribution in [0.15, 0.2) is 30.3 Å². The van der Waals surface area contributed by atoms with Crippen LogP contribution in [-0.2, 0) is 18.2 Å². The zero-order valence-corrected chi connectivity index (χ0v) is 17.5. The van der Waals surface area contributed by atoms with E-state index < -0.39 is 0 Å². The molecule has 1 aromatic rings. The molecule has 1 nitrogen and oxygen atoms in total. The van der Waals surface area contributed by atoms with Crippen LogP contribution in [0.2, 0.25) is 0 Å². The fraction of sp³-hybridized carbons (Fsp3) is 0.739. The van der Waals surface area contributed by atoms with E-state index >= 15 is 0 Å². The lowest BCUT2D eigenvalue weighted by Gasteiger charge is -2.01. The van der Waals surface area contributed by atoms with Gasteiger partial charge in [-0.25, -0.2) is 0 Å². The molecular formula is C23H42OS. The van der Waals surface area contributed by atoms with Gasteiger partial charge < -0.3 is 5.48 Å². The van der Waals surface area contributed by atoms with Crippen molar-refractivity contribution in [2.45, 2.75) is 96.8 Å². The van der Waals surface area contributed by atoms with Crippen molar-refractivity contribution in [1.29, 1.82) is 0 Å². The Morgan fingerprint density at radius 3 is 1.64 bits per heavy atom. The van der Waals surface area contributed by atoms with Crippen molar-refractivity contribution >= 4 is 11.8 Å². The van der Waals surface area contributed by atoms with Gasteiger partial charge in [-0.15, -0.1) is 0 Å². The quantitative estimate of drug-likeness (QED) is 0.166. The predicted molar refractivity (Wildman–Crippen MR) is 116 cm³/mol. The van der Waals surface area contributed by atoms with Crippen molar-refractivity contribution in [2.24, 2.45) is 0 Å². The van der Waals surface area contributed by atoms with E-state index in [-0.39, 0.29) is 5.48 Å². The summed E-state index contributed by atoms with van der Waals surface area (Å²) in [5.74, 6) is 2.86. The number of aryl methyl sites for hydroxylation is 1. The standard InChI is InChI=1S/C23H40S.H2O/c1-2-3-4-5-6-7-8-9-10-16-21-24-22-17-12-15-20-23-18-13-11-14-19-23;/h11,13-14,18-19H,2-10,12,15-17,20-22H2,1H3;1H2. The summed E-state index contributed by atoms with van der Waals surface area (Å²) < 4.78 is 0. The van der Waals surface area contributed by atoms with Crippen LogP contribution in [0, 0.1) is 0 Å².